The zero-order valence-electron chi connectivity index (χ0n) is 12.1. The summed E-state index contributed by atoms with van der Waals surface area (Å²) < 4.78 is 0. The van der Waals surface area contributed by atoms with Crippen LogP contribution in [0.2, 0.25) is 0 Å². The third-order valence-corrected chi connectivity index (χ3v) is 3.97. The fourth-order valence-electron chi connectivity index (χ4n) is 2.81. The Labute approximate surface area is 125 Å². The van der Waals surface area contributed by atoms with E-state index in [1.165, 1.54) is 31.3 Å². The highest BCUT2D eigenvalue weighted by molar-refractivity contribution is 5.82. The summed E-state index contributed by atoms with van der Waals surface area (Å²) >= 11 is 0. The summed E-state index contributed by atoms with van der Waals surface area (Å²) in [5, 5.41) is 13.6. The van der Waals surface area contributed by atoms with Crippen LogP contribution in [-0.2, 0) is 0 Å². The zero-order valence-corrected chi connectivity index (χ0v) is 12.1. The second kappa shape index (κ2) is 6.41. The lowest BCUT2D eigenvalue weighted by molar-refractivity contribution is 0.679. The highest BCUT2D eigenvalue weighted by Crippen LogP contribution is 2.22. The van der Waals surface area contributed by atoms with E-state index in [0.29, 0.717) is 11.4 Å². The summed E-state index contributed by atoms with van der Waals surface area (Å²) in [7, 11) is 0. The molecule has 3 rings (SSSR count). The summed E-state index contributed by atoms with van der Waals surface area (Å²) in [5.74, 6) is 0.701. The Bertz CT molecular complexity index is 710. The molecule has 3 heteroatoms. The van der Waals surface area contributed by atoms with Crippen molar-refractivity contribution in [3.05, 3.63) is 47.5 Å². The van der Waals surface area contributed by atoms with Crippen molar-refractivity contribution in [2.45, 2.75) is 32.1 Å². The largest absolute Gasteiger partial charge is 0.369 e. The average Bonchev–Trinajstić information content (AvgIpc) is 2.55. The number of nitriles is 1. The SMILES string of the molecule is N#Cc1cc2ccccc2nc1NCCC1=CCCCC1. The number of fused-ring (bicyclic) bond motifs is 1. The quantitative estimate of drug-likeness (QED) is 0.842. The van der Waals surface area contributed by atoms with Gasteiger partial charge in [-0.3, -0.25) is 0 Å². The van der Waals surface area contributed by atoms with Crippen molar-refractivity contribution in [2.75, 3.05) is 11.9 Å². The molecule has 1 heterocycles. The van der Waals surface area contributed by atoms with Crippen LogP contribution in [0.15, 0.2) is 42.0 Å². The normalized spacial score (nSPS) is 14.5. The summed E-state index contributed by atoms with van der Waals surface area (Å²) in [6.45, 7) is 0.839. The molecule has 0 bridgehead atoms. The number of anilines is 1. The number of hydrogen-bond acceptors (Lipinski definition) is 3. The molecule has 0 saturated carbocycles. The minimum Gasteiger partial charge on any atom is -0.369 e. The van der Waals surface area contributed by atoms with Crippen LogP contribution in [-0.4, -0.2) is 11.5 Å². The molecule has 106 valence electrons. The van der Waals surface area contributed by atoms with Crippen molar-refractivity contribution >= 4 is 16.7 Å². The van der Waals surface area contributed by atoms with E-state index in [0.717, 1.165) is 23.9 Å². The number of para-hydroxylation sites is 1. The molecule has 1 aliphatic rings. The predicted molar refractivity (Wildman–Crippen MR) is 86.1 cm³/mol. The molecule has 0 atom stereocenters. The van der Waals surface area contributed by atoms with E-state index >= 15 is 0 Å². The fourth-order valence-corrected chi connectivity index (χ4v) is 2.81. The Hall–Kier alpha value is -2.34. The first kappa shape index (κ1) is 13.6. The summed E-state index contributed by atoms with van der Waals surface area (Å²) in [6, 6.07) is 12.0. The van der Waals surface area contributed by atoms with Gasteiger partial charge in [-0.05, 0) is 44.2 Å². The maximum atomic E-state index is 9.28. The van der Waals surface area contributed by atoms with E-state index in [2.05, 4.69) is 22.4 Å². The molecule has 0 fully saturated rings. The summed E-state index contributed by atoms with van der Waals surface area (Å²) in [6.07, 6.45) is 8.47. The summed E-state index contributed by atoms with van der Waals surface area (Å²) in [4.78, 5) is 4.58. The van der Waals surface area contributed by atoms with E-state index < -0.39 is 0 Å². The minimum absolute atomic E-state index is 0.617. The van der Waals surface area contributed by atoms with Gasteiger partial charge in [-0.1, -0.05) is 29.8 Å². The second-order valence-electron chi connectivity index (χ2n) is 5.47. The maximum Gasteiger partial charge on any atom is 0.144 e. The van der Waals surface area contributed by atoms with Gasteiger partial charge in [0.15, 0.2) is 0 Å². The van der Waals surface area contributed by atoms with Gasteiger partial charge in [0.25, 0.3) is 0 Å². The Morgan fingerprint density at radius 3 is 2.95 bits per heavy atom. The Kier molecular flexibility index (Phi) is 4.16. The van der Waals surface area contributed by atoms with E-state index in [4.69, 9.17) is 0 Å². The first-order valence-electron chi connectivity index (χ1n) is 7.58. The fraction of sp³-hybridized carbons (Fsp3) is 0.333. The van der Waals surface area contributed by atoms with E-state index in [1.807, 2.05) is 30.3 Å². The minimum atomic E-state index is 0.617. The molecule has 3 nitrogen and oxygen atoms in total. The van der Waals surface area contributed by atoms with Crippen molar-refractivity contribution in [1.29, 1.82) is 5.26 Å². The molecular formula is C18H19N3. The number of aromatic nitrogens is 1. The van der Waals surface area contributed by atoms with Gasteiger partial charge in [-0.15, -0.1) is 0 Å². The highest BCUT2D eigenvalue weighted by atomic mass is 15.0. The van der Waals surface area contributed by atoms with Gasteiger partial charge in [0, 0.05) is 11.9 Å². The van der Waals surface area contributed by atoms with E-state index in [-0.39, 0.29) is 0 Å². The van der Waals surface area contributed by atoms with Gasteiger partial charge in [0.2, 0.25) is 0 Å². The van der Waals surface area contributed by atoms with Gasteiger partial charge >= 0.3 is 0 Å². The molecule has 1 aromatic carbocycles. The second-order valence-corrected chi connectivity index (χ2v) is 5.47. The van der Waals surface area contributed by atoms with Crippen LogP contribution in [0.4, 0.5) is 5.82 Å². The number of pyridine rings is 1. The van der Waals surface area contributed by atoms with Crippen molar-refractivity contribution < 1.29 is 0 Å². The van der Waals surface area contributed by atoms with Gasteiger partial charge < -0.3 is 5.32 Å². The molecule has 0 radical (unpaired) electrons. The number of hydrogen-bond donors (Lipinski definition) is 1. The standard InChI is InChI=1S/C18H19N3/c19-13-16-12-15-8-4-5-9-17(15)21-18(16)20-11-10-14-6-2-1-3-7-14/h4-6,8-9,12H,1-3,7,10-11H2,(H,20,21). The van der Waals surface area contributed by atoms with Gasteiger partial charge in [0.05, 0.1) is 11.1 Å². The Balaban J connectivity index is 1.73. The van der Waals surface area contributed by atoms with Crippen LogP contribution < -0.4 is 5.32 Å². The van der Waals surface area contributed by atoms with Crippen LogP contribution >= 0.6 is 0 Å². The number of allylic oxidation sites excluding steroid dienone is 1. The molecule has 2 aromatic rings. The molecule has 1 aromatic heterocycles. The van der Waals surface area contributed by atoms with Crippen LogP contribution in [0.3, 0.4) is 0 Å². The highest BCUT2D eigenvalue weighted by Gasteiger charge is 2.07. The first-order valence-corrected chi connectivity index (χ1v) is 7.58. The number of nitrogens with zero attached hydrogens (tertiary/aromatic N) is 2. The first-order chi connectivity index (χ1) is 10.4. The van der Waals surface area contributed by atoms with Crippen LogP contribution in [0, 0.1) is 11.3 Å². The lowest BCUT2D eigenvalue weighted by atomic mass is 9.97. The molecule has 0 aliphatic heterocycles. The third kappa shape index (κ3) is 3.22. The van der Waals surface area contributed by atoms with Crippen LogP contribution in [0.5, 0.6) is 0 Å². The van der Waals surface area contributed by atoms with Crippen molar-refractivity contribution in [3.63, 3.8) is 0 Å². The molecule has 0 unspecified atom stereocenters. The van der Waals surface area contributed by atoms with Crippen molar-refractivity contribution in [3.8, 4) is 6.07 Å². The average molecular weight is 277 g/mol. The molecular weight excluding hydrogens is 258 g/mol. The van der Waals surface area contributed by atoms with E-state index in [9.17, 15) is 5.26 Å². The Morgan fingerprint density at radius 2 is 2.14 bits per heavy atom. The smallest absolute Gasteiger partial charge is 0.144 e. The molecule has 1 aliphatic carbocycles. The van der Waals surface area contributed by atoms with Gasteiger partial charge in [-0.2, -0.15) is 5.26 Å². The topological polar surface area (TPSA) is 48.7 Å². The lowest BCUT2D eigenvalue weighted by Gasteiger charge is -2.14. The van der Waals surface area contributed by atoms with Crippen molar-refractivity contribution in [1.82, 2.24) is 4.98 Å². The monoisotopic (exact) mass is 277 g/mol. The molecule has 0 amide bonds. The van der Waals surface area contributed by atoms with E-state index in [1.54, 1.807) is 0 Å². The number of nitrogens with one attached hydrogen (secondary N) is 1. The van der Waals surface area contributed by atoms with Gasteiger partial charge in [-0.25, -0.2) is 4.98 Å². The molecule has 0 saturated heterocycles. The number of benzene rings is 1. The zero-order chi connectivity index (χ0) is 14.5. The maximum absolute atomic E-state index is 9.28. The molecule has 0 spiro atoms. The summed E-state index contributed by atoms with van der Waals surface area (Å²) in [5.41, 5.74) is 3.08. The molecule has 1 N–H and O–H groups in total. The van der Waals surface area contributed by atoms with Crippen molar-refractivity contribution in [2.24, 2.45) is 0 Å². The van der Waals surface area contributed by atoms with Crippen LogP contribution in [0.25, 0.3) is 10.9 Å². The van der Waals surface area contributed by atoms with Gasteiger partial charge in [0.1, 0.15) is 11.9 Å². The Morgan fingerprint density at radius 1 is 1.24 bits per heavy atom. The lowest BCUT2D eigenvalue weighted by Crippen LogP contribution is -2.07. The molecule has 21 heavy (non-hydrogen) atoms. The number of rotatable bonds is 4. The predicted octanol–water partition coefficient (Wildman–Crippen LogP) is 4.41. The van der Waals surface area contributed by atoms with Crippen LogP contribution in [0.1, 0.15) is 37.7 Å². The third-order valence-electron chi connectivity index (χ3n) is 3.97.